The minimum atomic E-state index is 0.793. The molecule has 0 aliphatic carbocycles. The molecule has 0 bridgehead atoms. The molecular weight excluding hydrogens is 197 g/mol. The average molecular weight is 213 g/mol. The monoisotopic (exact) mass is 213 g/mol. The van der Waals surface area contributed by atoms with E-state index in [1.807, 2.05) is 12.1 Å². The Morgan fingerprint density at radius 2 is 2.12 bits per heavy atom. The van der Waals surface area contributed by atoms with Crippen molar-refractivity contribution in [3.8, 4) is 0 Å². The Bertz CT molecular complexity index is 490. The fraction of sp³-hybridized carbons (Fsp3) is 0.385. The van der Waals surface area contributed by atoms with Gasteiger partial charge in [-0.1, -0.05) is 17.6 Å². The Labute approximate surface area is 97.6 Å². The van der Waals surface area contributed by atoms with Crippen LogP contribution in [0.3, 0.4) is 0 Å². The highest BCUT2D eigenvalue weighted by Crippen LogP contribution is 2.18. The topological polar surface area (TPSA) is 14.2 Å². The summed E-state index contributed by atoms with van der Waals surface area (Å²) in [6, 6.07) is 8.25. The highest BCUT2D eigenvalue weighted by molar-refractivity contribution is 6.33. The Kier molecular flexibility index (Phi) is 3.35. The van der Waals surface area contributed by atoms with Crippen LogP contribution in [0.15, 0.2) is 24.3 Å². The summed E-state index contributed by atoms with van der Waals surface area (Å²) in [6.07, 6.45) is 1.02. The van der Waals surface area contributed by atoms with E-state index in [-0.39, 0.29) is 0 Å². The molecule has 1 aromatic heterocycles. The molecule has 0 aliphatic heterocycles. The molecule has 0 unspecified atom stereocenters. The largest absolute Gasteiger partial charge is 0.385 e. The van der Waals surface area contributed by atoms with Gasteiger partial charge in [-0.05, 0) is 30.9 Å². The molecular formula is C13H16BNO. The van der Waals surface area contributed by atoms with E-state index >= 15 is 0 Å². The molecule has 1 heterocycles. The van der Waals surface area contributed by atoms with E-state index < -0.39 is 0 Å². The van der Waals surface area contributed by atoms with E-state index in [1.165, 1.54) is 16.6 Å². The van der Waals surface area contributed by atoms with Crippen LogP contribution in [0.2, 0.25) is 0 Å². The van der Waals surface area contributed by atoms with Crippen molar-refractivity contribution in [2.24, 2.45) is 0 Å². The van der Waals surface area contributed by atoms with Gasteiger partial charge in [0, 0.05) is 31.5 Å². The molecule has 0 amide bonds. The number of methoxy groups -OCH3 is 1. The van der Waals surface area contributed by atoms with Gasteiger partial charge in [-0.2, -0.15) is 0 Å². The molecule has 2 aromatic rings. The lowest BCUT2D eigenvalue weighted by molar-refractivity contribution is 0.190. The van der Waals surface area contributed by atoms with Gasteiger partial charge in [0.15, 0.2) is 0 Å². The van der Waals surface area contributed by atoms with Gasteiger partial charge in [0.05, 0.1) is 0 Å². The van der Waals surface area contributed by atoms with Crippen molar-refractivity contribution in [3.05, 3.63) is 30.0 Å². The fourth-order valence-electron chi connectivity index (χ4n) is 2.07. The van der Waals surface area contributed by atoms with Crippen LogP contribution in [0, 0.1) is 6.92 Å². The first-order chi connectivity index (χ1) is 7.72. The fourth-order valence-corrected chi connectivity index (χ4v) is 2.07. The number of rotatable bonds is 4. The van der Waals surface area contributed by atoms with Crippen LogP contribution in [0.5, 0.6) is 0 Å². The van der Waals surface area contributed by atoms with Gasteiger partial charge in [0.25, 0.3) is 0 Å². The van der Waals surface area contributed by atoms with E-state index in [0.29, 0.717) is 0 Å². The molecule has 1 aromatic carbocycles. The molecule has 82 valence electrons. The summed E-state index contributed by atoms with van der Waals surface area (Å²) in [5.41, 5.74) is 3.31. The average Bonchev–Trinajstić information content (AvgIpc) is 2.56. The van der Waals surface area contributed by atoms with Crippen LogP contribution < -0.4 is 5.46 Å². The zero-order valence-corrected chi connectivity index (χ0v) is 9.86. The van der Waals surface area contributed by atoms with Crippen LogP contribution in [0.4, 0.5) is 0 Å². The first-order valence-electron chi connectivity index (χ1n) is 5.56. The van der Waals surface area contributed by atoms with E-state index in [4.69, 9.17) is 12.6 Å². The minimum absolute atomic E-state index is 0.793. The van der Waals surface area contributed by atoms with Crippen LogP contribution in [-0.2, 0) is 11.3 Å². The van der Waals surface area contributed by atoms with Gasteiger partial charge < -0.3 is 9.30 Å². The maximum absolute atomic E-state index is 5.82. The third-order valence-corrected chi connectivity index (χ3v) is 2.87. The molecule has 0 fully saturated rings. The summed E-state index contributed by atoms with van der Waals surface area (Å²) in [5.74, 6) is 0. The number of fused-ring (bicyclic) bond motifs is 1. The maximum atomic E-state index is 5.82. The normalized spacial score (nSPS) is 11.1. The molecule has 0 saturated heterocycles. The summed E-state index contributed by atoms with van der Waals surface area (Å²) in [5, 5.41) is 1.25. The Balaban J connectivity index is 2.34. The second-order valence-corrected chi connectivity index (χ2v) is 4.10. The Morgan fingerprint density at radius 3 is 2.88 bits per heavy atom. The molecule has 0 atom stereocenters. The molecule has 2 nitrogen and oxygen atoms in total. The number of ether oxygens (including phenoxy) is 1. The Morgan fingerprint density at radius 1 is 1.31 bits per heavy atom. The van der Waals surface area contributed by atoms with Crippen molar-refractivity contribution in [3.63, 3.8) is 0 Å². The zero-order valence-electron chi connectivity index (χ0n) is 9.86. The number of benzene rings is 1. The van der Waals surface area contributed by atoms with Gasteiger partial charge in [-0.25, -0.2) is 0 Å². The predicted molar refractivity (Wildman–Crippen MR) is 68.6 cm³/mol. The molecule has 0 saturated carbocycles. The van der Waals surface area contributed by atoms with Crippen molar-refractivity contribution in [2.45, 2.75) is 19.9 Å². The number of aromatic nitrogens is 1. The SMILES string of the molecule is [B]c1ccc2cc(C)n(CCCOC)c2c1. The van der Waals surface area contributed by atoms with Crippen LogP contribution in [0.25, 0.3) is 10.9 Å². The molecule has 2 radical (unpaired) electrons. The summed E-state index contributed by atoms with van der Waals surface area (Å²) < 4.78 is 7.37. The van der Waals surface area contributed by atoms with E-state index in [2.05, 4.69) is 23.6 Å². The molecule has 3 heteroatoms. The second-order valence-electron chi connectivity index (χ2n) is 4.10. The molecule has 2 rings (SSSR count). The van der Waals surface area contributed by atoms with Crippen molar-refractivity contribution in [2.75, 3.05) is 13.7 Å². The molecule has 0 spiro atoms. The van der Waals surface area contributed by atoms with Gasteiger partial charge in [-0.3, -0.25) is 0 Å². The number of aryl methyl sites for hydroxylation is 2. The zero-order chi connectivity index (χ0) is 11.5. The first kappa shape index (κ1) is 11.3. The van der Waals surface area contributed by atoms with Crippen LogP contribution >= 0.6 is 0 Å². The molecule has 0 N–H and O–H groups in total. The number of nitrogens with zero attached hydrogens (tertiary/aromatic N) is 1. The summed E-state index contributed by atoms with van der Waals surface area (Å²) in [4.78, 5) is 0. The van der Waals surface area contributed by atoms with Gasteiger partial charge in [-0.15, -0.1) is 0 Å². The van der Waals surface area contributed by atoms with Crippen molar-refractivity contribution in [1.82, 2.24) is 4.57 Å². The summed E-state index contributed by atoms with van der Waals surface area (Å²) in [6.45, 7) is 3.90. The summed E-state index contributed by atoms with van der Waals surface area (Å²) in [7, 11) is 7.55. The summed E-state index contributed by atoms with van der Waals surface area (Å²) >= 11 is 0. The lowest BCUT2D eigenvalue weighted by Gasteiger charge is -2.08. The third-order valence-electron chi connectivity index (χ3n) is 2.87. The number of hydrogen-bond acceptors (Lipinski definition) is 1. The van der Waals surface area contributed by atoms with Crippen LogP contribution in [-0.4, -0.2) is 26.1 Å². The van der Waals surface area contributed by atoms with Crippen molar-refractivity contribution >= 4 is 24.2 Å². The lowest BCUT2D eigenvalue weighted by Crippen LogP contribution is -2.06. The van der Waals surface area contributed by atoms with Crippen molar-refractivity contribution < 1.29 is 4.74 Å². The highest BCUT2D eigenvalue weighted by Gasteiger charge is 2.04. The quantitative estimate of drug-likeness (QED) is 0.557. The van der Waals surface area contributed by atoms with E-state index in [1.54, 1.807) is 7.11 Å². The lowest BCUT2D eigenvalue weighted by atomic mass is 9.95. The van der Waals surface area contributed by atoms with Gasteiger partial charge >= 0.3 is 0 Å². The predicted octanol–water partition coefficient (Wildman–Crippen LogP) is 1.78. The van der Waals surface area contributed by atoms with E-state index in [0.717, 1.165) is 25.0 Å². The second kappa shape index (κ2) is 4.75. The van der Waals surface area contributed by atoms with Crippen molar-refractivity contribution in [1.29, 1.82) is 0 Å². The maximum Gasteiger partial charge on any atom is 0.113 e. The standard InChI is InChI=1S/C13H16BNO/c1-10-8-11-4-5-12(14)9-13(11)15(10)6-3-7-16-2/h4-5,8-9H,3,6-7H2,1-2H3. The van der Waals surface area contributed by atoms with Gasteiger partial charge in [0.1, 0.15) is 7.85 Å². The third kappa shape index (κ3) is 2.14. The number of hydrogen-bond donors (Lipinski definition) is 0. The van der Waals surface area contributed by atoms with E-state index in [9.17, 15) is 0 Å². The smallest absolute Gasteiger partial charge is 0.113 e. The Hall–Kier alpha value is -1.22. The minimum Gasteiger partial charge on any atom is -0.385 e. The highest BCUT2D eigenvalue weighted by atomic mass is 16.5. The molecule has 0 aliphatic rings. The van der Waals surface area contributed by atoms with Crippen LogP contribution in [0.1, 0.15) is 12.1 Å². The van der Waals surface area contributed by atoms with Gasteiger partial charge in [0.2, 0.25) is 0 Å². The first-order valence-corrected chi connectivity index (χ1v) is 5.56. The molecule has 16 heavy (non-hydrogen) atoms.